The van der Waals surface area contributed by atoms with E-state index in [4.69, 9.17) is 10.5 Å². The van der Waals surface area contributed by atoms with Crippen LogP contribution in [0, 0.1) is 11.8 Å². The van der Waals surface area contributed by atoms with E-state index in [-0.39, 0.29) is 6.04 Å². The molecular weight excluding hydrogens is 126 g/mol. The molecule has 2 nitrogen and oxygen atoms in total. The number of hydrogen-bond donors (Lipinski definition) is 1. The number of hydrogen-bond acceptors (Lipinski definition) is 2. The maximum absolute atomic E-state index is 5.85. The molecular formula is C8H17NO. The molecule has 0 aromatic carbocycles. The third kappa shape index (κ3) is 1.70. The van der Waals surface area contributed by atoms with Gasteiger partial charge in [-0.15, -0.1) is 0 Å². The third-order valence-corrected chi connectivity index (χ3v) is 2.31. The lowest BCUT2D eigenvalue weighted by Crippen LogP contribution is -2.41. The SMILES string of the molecule is CC(C)[C@@H]1CCOC[C@@H]1N. The molecule has 1 saturated heterocycles. The van der Waals surface area contributed by atoms with Crippen molar-refractivity contribution in [3.8, 4) is 0 Å². The summed E-state index contributed by atoms with van der Waals surface area (Å²) in [6, 6.07) is 0.272. The largest absolute Gasteiger partial charge is 0.380 e. The Bertz CT molecular complexity index is 103. The summed E-state index contributed by atoms with van der Waals surface area (Å²) in [5, 5.41) is 0. The molecule has 10 heavy (non-hydrogen) atoms. The molecule has 0 amide bonds. The standard InChI is InChI=1S/C8H17NO/c1-6(2)7-3-4-10-5-8(7)9/h6-8H,3-5,9H2,1-2H3/t7-,8-/m0/s1. The van der Waals surface area contributed by atoms with Gasteiger partial charge in [-0.3, -0.25) is 0 Å². The van der Waals surface area contributed by atoms with Crippen molar-refractivity contribution in [2.24, 2.45) is 17.6 Å². The zero-order valence-corrected chi connectivity index (χ0v) is 6.84. The van der Waals surface area contributed by atoms with Gasteiger partial charge in [-0.05, 0) is 18.3 Å². The Kier molecular flexibility index (Phi) is 2.69. The first kappa shape index (κ1) is 8.02. The lowest BCUT2D eigenvalue weighted by atomic mass is 9.85. The first-order chi connectivity index (χ1) is 4.72. The van der Waals surface area contributed by atoms with Gasteiger partial charge in [0, 0.05) is 12.6 Å². The summed E-state index contributed by atoms with van der Waals surface area (Å²) in [5.41, 5.74) is 5.85. The summed E-state index contributed by atoms with van der Waals surface area (Å²) in [4.78, 5) is 0. The fraction of sp³-hybridized carbons (Fsp3) is 1.00. The van der Waals surface area contributed by atoms with Crippen LogP contribution in [0.3, 0.4) is 0 Å². The molecule has 1 heterocycles. The summed E-state index contributed by atoms with van der Waals surface area (Å²) in [5.74, 6) is 1.38. The van der Waals surface area contributed by atoms with Crippen molar-refractivity contribution in [1.82, 2.24) is 0 Å². The van der Waals surface area contributed by atoms with Crippen LogP contribution in [-0.4, -0.2) is 19.3 Å². The topological polar surface area (TPSA) is 35.2 Å². The van der Waals surface area contributed by atoms with E-state index in [0.717, 1.165) is 19.6 Å². The Morgan fingerprint density at radius 2 is 2.20 bits per heavy atom. The van der Waals surface area contributed by atoms with Gasteiger partial charge in [-0.1, -0.05) is 13.8 Å². The first-order valence-corrected chi connectivity index (χ1v) is 4.05. The Morgan fingerprint density at radius 3 is 2.60 bits per heavy atom. The highest BCUT2D eigenvalue weighted by Gasteiger charge is 2.24. The second kappa shape index (κ2) is 3.35. The van der Waals surface area contributed by atoms with Crippen molar-refractivity contribution in [3.05, 3.63) is 0 Å². The van der Waals surface area contributed by atoms with Crippen LogP contribution in [0.15, 0.2) is 0 Å². The van der Waals surface area contributed by atoms with E-state index in [1.54, 1.807) is 0 Å². The Hall–Kier alpha value is -0.0800. The molecule has 0 saturated carbocycles. The molecule has 60 valence electrons. The van der Waals surface area contributed by atoms with Crippen LogP contribution >= 0.6 is 0 Å². The van der Waals surface area contributed by atoms with Crippen LogP contribution in [0.1, 0.15) is 20.3 Å². The molecule has 1 fully saturated rings. The van der Waals surface area contributed by atoms with Gasteiger partial charge < -0.3 is 10.5 Å². The van der Waals surface area contributed by atoms with Crippen LogP contribution in [0.4, 0.5) is 0 Å². The van der Waals surface area contributed by atoms with Crippen molar-refractivity contribution in [3.63, 3.8) is 0 Å². The molecule has 0 aromatic heterocycles. The van der Waals surface area contributed by atoms with Gasteiger partial charge in [0.2, 0.25) is 0 Å². The molecule has 1 aliphatic rings. The molecule has 1 aliphatic heterocycles. The van der Waals surface area contributed by atoms with Crippen molar-refractivity contribution in [1.29, 1.82) is 0 Å². The number of nitrogens with two attached hydrogens (primary N) is 1. The highest BCUT2D eigenvalue weighted by Crippen LogP contribution is 2.21. The summed E-state index contributed by atoms with van der Waals surface area (Å²) >= 11 is 0. The van der Waals surface area contributed by atoms with Gasteiger partial charge in [0.1, 0.15) is 0 Å². The first-order valence-electron chi connectivity index (χ1n) is 4.05. The van der Waals surface area contributed by atoms with Gasteiger partial charge in [0.25, 0.3) is 0 Å². The molecule has 2 N–H and O–H groups in total. The van der Waals surface area contributed by atoms with Crippen molar-refractivity contribution >= 4 is 0 Å². The molecule has 0 radical (unpaired) electrons. The fourth-order valence-electron chi connectivity index (χ4n) is 1.60. The highest BCUT2D eigenvalue weighted by molar-refractivity contribution is 4.78. The van der Waals surface area contributed by atoms with E-state index in [9.17, 15) is 0 Å². The van der Waals surface area contributed by atoms with Crippen molar-refractivity contribution in [2.45, 2.75) is 26.3 Å². The van der Waals surface area contributed by atoms with Crippen molar-refractivity contribution in [2.75, 3.05) is 13.2 Å². The van der Waals surface area contributed by atoms with E-state index >= 15 is 0 Å². The molecule has 2 heteroatoms. The van der Waals surface area contributed by atoms with Gasteiger partial charge in [0.15, 0.2) is 0 Å². The molecule has 1 rings (SSSR count). The second-order valence-corrected chi connectivity index (χ2v) is 3.44. The molecule has 0 unspecified atom stereocenters. The quantitative estimate of drug-likeness (QED) is 0.594. The van der Waals surface area contributed by atoms with Crippen LogP contribution in [0.2, 0.25) is 0 Å². The summed E-state index contributed by atoms with van der Waals surface area (Å²) < 4.78 is 5.24. The minimum atomic E-state index is 0.272. The number of ether oxygens (including phenoxy) is 1. The van der Waals surface area contributed by atoms with E-state index in [1.807, 2.05) is 0 Å². The fourth-order valence-corrected chi connectivity index (χ4v) is 1.60. The molecule has 2 atom stereocenters. The van der Waals surface area contributed by atoms with Crippen LogP contribution in [0.25, 0.3) is 0 Å². The normalized spacial score (nSPS) is 34.8. The van der Waals surface area contributed by atoms with Crippen LogP contribution in [-0.2, 0) is 4.74 Å². The zero-order valence-electron chi connectivity index (χ0n) is 6.84. The van der Waals surface area contributed by atoms with Gasteiger partial charge in [-0.25, -0.2) is 0 Å². The third-order valence-electron chi connectivity index (χ3n) is 2.31. The highest BCUT2D eigenvalue weighted by atomic mass is 16.5. The maximum atomic E-state index is 5.85. The van der Waals surface area contributed by atoms with Crippen molar-refractivity contribution < 1.29 is 4.74 Å². The zero-order chi connectivity index (χ0) is 7.56. The van der Waals surface area contributed by atoms with Crippen LogP contribution in [0.5, 0.6) is 0 Å². The summed E-state index contributed by atoms with van der Waals surface area (Å²) in [6.45, 7) is 6.12. The summed E-state index contributed by atoms with van der Waals surface area (Å²) in [6.07, 6.45) is 1.14. The van der Waals surface area contributed by atoms with E-state index in [0.29, 0.717) is 11.8 Å². The second-order valence-electron chi connectivity index (χ2n) is 3.44. The van der Waals surface area contributed by atoms with E-state index in [2.05, 4.69) is 13.8 Å². The molecule has 0 aromatic rings. The smallest absolute Gasteiger partial charge is 0.0620 e. The molecule has 0 spiro atoms. The predicted molar refractivity (Wildman–Crippen MR) is 41.7 cm³/mol. The van der Waals surface area contributed by atoms with Gasteiger partial charge in [-0.2, -0.15) is 0 Å². The van der Waals surface area contributed by atoms with E-state index < -0.39 is 0 Å². The Labute approximate surface area is 62.7 Å². The monoisotopic (exact) mass is 143 g/mol. The lowest BCUT2D eigenvalue weighted by Gasteiger charge is -2.31. The van der Waals surface area contributed by atoms with Gasteiger partial charge in [0.05, 0.1) is 6.61 Å². The summed E-state index contributed by atoms with van der Waals surface area (Å²) in [7, 11) is 0. The average Bonchev–Trinajstić information content (AvgIpc) is 1.88. The Balaban J connectivity index is 2.40. The minimum absolute atomic E-state index is 0.272. The minimum Gasteiger partial charge on any atom is -0.380 e. The maximum Gasteiger partial charge on any atom is 0.0620 e. The average molecular weight is 143 g/mol. The Morgan fingerprint density at radius 1 is 1.50 bits per heavy atom. The van der Waals surface area contributed by atoms with Crippen LogP contribution < -0.4 is 5.73 Å². The molecule has 0 aliphatic carbocycles. The number of rotatable bonds is 1. The lowest BCUT2D eigenvalue weighted by molar-refractivity contribution is 0.0344. The predicted octanol–water partition coefficient (Wildman–Crippen LogP) is 1.01. The van der Waals surface area contributed by atoms with Gasteiger partial charge >= 0.3 is 0 Å². The molecule has 0 bridgehead atoms. The van der Waals surface area contributed by atoms with E-state index in [1.165, 1.54) is 0 Å².